The summed E-state index contributed by atoms with van der Waals surface area (Å²) in [6, 6.07) is 4.86. The van der Waals surface area contributed by atoms with E-state index in [0.29, 0.717) is 23.0 Å². The van der Waals surface area contributed by atoms with Crippen LogP contribution in [0.3, 0.4) is 0 Å². The Hall–Kier alpha value is -1.34. The van der Waals surface area contributed by atoms with E-state index in [0.717, 1.165) is 11.5 Å². The molecule has 1 unspecified atom stereocenters. The number of nitrogen functional groups attached to an aromatic ring is 1. The van der Waals surface area contributed by atoms with Gasteiger partial charge < -0.3 is 15.4 Å². The van der Waals surface area contributed by atoms with Crippen LogP contribution in [0.1, 0.15) is 11.1 Å². The van der Waals surface area contributed by atoms with E-state index in [1.807, 2.05) is 23.5 Å². The van der Waals surface area contributed by atoms with Crippen LogP contribution in [0.2, 0.25) is 0 Å². The average Bonchev–Trinajstić information content (AvgIpc) is 2.89. The fourth-order valence-corrected chi connectivity index (χ4v) is 4.43. The summed E-state index contributed by atoms with van der Waals surface area (Å²) in [7, 11) is 0. The minimum absolute atomic E-state index is 0.0564. The van der Waals surface area contributed by atoms with Gasteiger partial charge in [0.25, 0.3) is 5.89 Å². The molecule has 100 valence electrons. The molecule has 0 radical (unpaired) electrons. The number of phenols is 1. The molecule has 1 aromatic heterocycles. The zero-order chi connectivity index (χ0) is 13.2. The molecule has 3 N–H and O–H groups in total. The van der Waals surface area contributed by atoms with Crippen molar-refractivity contribution in [3.63, 3.8) is 0 Å². The topological polar surface area (TPSA) is 85.2 Å². The molecule has 1 aliphatic rings. The van der Waals surface area contributed by atoms with Crippen LogP contribution < -0.4 is 5.73 Å². The molecule has 1 aliphatic heterocycles. The molecule has 19 heavy (non-hydrogen) atoms. The van der Waals surface area contributed by atoms with Crippen molar-refractivity contribution in [1.82, 2.24) is 10.1 Å². The van der Waals surface area contributed by atoms with E-state index in [4.69, 9.17) is 10.3 Å². The lowest BCUT2D eigenvalue weighted by atomic mass is 10.2. The van der Waals surface area contributed by atoms with Gasteiger partial charge in [-0.2, -0.15) is 16.7 Å². The predicted molar refractivity (Wildman–Crippen MR) is 78.3 cm³/mol. The van der Waals surface area contributed by atoms with Crippen molar-refractivity contribution >= 4 is 29.2 Å². The van der Waals surface area contributed by atoms with Gasteiger partial charge in [0.2, 0.25) is 0 Å². The Balaban J connectivity index is 1.87. The Morgan fingerprint density at radius 3 is 3.00 bits per heavy atom. The van der Waals surface area contributed by atoms with E-state index in [1.165, 1.54) is 11.8 Å². The van der Waals surface area contributed by atoms with Crippen molar-refractivity contribution in [3.05, 3.63) is 24.0 Å². The number of hydrogen-bond acceptors (Lipinski definition) is 7. The van der Waals surface area contributed by atoms with Gasteiger partial charge in [-0.05, 0) is 12.1 Å². The minimum Gasteiger partial charge on any atom is -0.507 e. The Kier molecular flexibility index (Phi) is 3.56. The molecule has 7 heteroatoms. The molecule has 0 amide bonds. The molecule has 5 nitrogen and oxygen atoms in total. The highest BCUT2D eigenvalue weighted by molar-refractivity contribution is 8.06. The van der Waals surface area contributed by atoms with Crippen LogP contribution in [0.15, 0.2) is 22.7 Å². The van der Waals surface area contributed by atoms with Gasteiger partial charge in [-0.25, -0.2) is 0 Å². The van der Waals surface area contributed by atoms with E-state index >= 15 is 0 Å². The highest BCUT2D eigenvalue weighted by Crippen LogP contribution is 2.37. The van der Waals surface area contributed by atoms with E-state index in [-0.39, 0.29) is 11.0 Å². The smallest absolute Gasteiger partial charge is 0.261 e. The second-order valence-electron chi connectivity index (χ2n) is 4.17. The number of hydrogen-bond donors (Lipinski definition) is 2. The van der Waals surface area contributed by atoms with E-state index in [1.54, 1.807) is 12.1 Å². The maximum Gasteiger partial charge on any atom is 0.261 e. The zero-order valence-corrected chi connectivity index (χ0v) is 11.7. The van der Waals surface area contributed by atoms with Crippen molar-refractivity contribution in [1.29, 1.82) is 0 Å². The van der Waals surface area contributed by atoms with Gasteiger partial charge in [0.15, 0.2) is 5.82 Å². The van der Waals surface area contributed by atoms with E-state index < -0.39 is 0 Å². The Morgan fingerprint density at radius 1 is 1.37 bits per heavy atom. The number of thioether (sulfide) groups is 2. The monoisotopic (exact) mass is 295 g/mol. The van der Waals surface area contributed by atoms with E-state index in [9.17, 15) is 5.11 Å². The van der Waals surface area contributed by atoms with Crippen molar-refractivity contribution < 1.29 is 9.63 Å². The van der Waals surface area contributed by atoms with Crippen molar-refractivity contribution in [3.8, 4) is 17.2 Å². The molecule has 0 aliphatic carbocycles. The van der Waals surface area contributed by atoms with Crippen molar-refractivity contribution in [2.45, 2.75) is 5.25 Å². The summed E-state index contributed by atoms with van der Waals surface area (Å²) in [6.45, 7) is 0. The number of benzene rings is 1. The van der Waals surface area contributed by atoms with Crippen molar-refractivity contribution in [2.75, 3.05) is 23.0 Å². The molecule has 1 aromatic carbocycles. The Labute approximate surface area is 119 Å². The molecular weight excluding hydrogens is 282 g/mol. The number of anilines is 1. The highest BCUT2D eigenvalue weighted by atomic mass is 32.2. The maximum atomic E-state index is 9.85. The summed E-state index contributed by atoms with van der Waals surface area (Å²) < 4.78 is 5.24. The van der Waals surface area contributed by atoms with Crippen LogP contribution in [0.5, 0.6) is 5.75 Å². The normalized spacial score (nSPS) is 19.5. The first-order valence-electron chi connectivity index (χ1n) is 5.86. The largest absolute Gasteiger partial charge is 0.507 e. The van der Waals surface area contributed by atoms with Gasteiger partial charge in [0, 0.05) is 29.0 Å². The number of nitrogens with two attached hydrogens (primary N) is 1. The molecule has 2 aromatic rings. The number of rotatable bonds is 2. The minimum atomic E-state index is 0.0564. The summed E-state index contributed by atoms with van der Waals surface area (Å²) in [5, 5.41) is 14.1. The number of aromatic hydroxyl groups is 1. The first-order valence-corrected chi connectivity index (χ1v) is 8.06. The SMILES string of the molecule is Nc1ccc(-c2nc(C3CSCCS3)no2)c(O)c1. The van der Waals surface area contributed by atoms with Gasteiger partial charge in [0.05, 0.1) is 10.8 Å². The Morgan fingerprint density at radius 2 is 2.26 bits per heavy atom. The fraction of sp³-hybridized carbons (Fsp3) is 0.333. The van der Waals surface area contributed by atoms with E-state index in [2.05, 4.69) is 10.1 Å². The molecule has 0 saturated carbocycles. The molecule has 1 atom stereocenters. The second kappa shape index (κ2) is 5.34. The van der Waals surface area contributed by atoms with Crippen molar-refractivity contribution in [2.24, 2.45) is 0 Å². The Bertz CT molecular complexity index is 582. The zero-order valence-electron chi connectivity index (χ0n) is 10.1. The third-order valence-electron chi connectivity index (χ3n) is 2.80. The first kappa shape index (κ1) is 12.7. The first-order chi connectivity index (χ1) is 9.24. The van der Waals surface area contributed by atoms with Gasteiger partial charge in [0.1, 0.15) is 5.75 Å². The summed E-state index contributed by atoms with van der Waals surface area (Å²) in [5.74, 6) is 4.36. The quantitative estimate of drug-likeness (QED) is 0.823. The predicted octanol–water partition coefficient (Wildman–Crippen LogP) is 2.55. The second-order valence-corrected chi connectivity index (χ2v) is 6.63. The standard InChI is InChI=1S/C12H13N3O2S2/c13-7-1-2-8(9(16)5-7)12-14-11(15-17-12)10-6-18-3-4-19-10/h1-2,5,10,16H,3-4,6,13H2. The third-order valence-corrected chi connectivity index (χ3v) is 5.55. The number of phenolic OH excluding ortho intramolecular Hbond substituents is 1. The summed E-state index contributed by atoms with van der Waals surface area (Å²) in [5.41, 5.74) is 6.61. The highest BCUT2D eigenvalue weighted by Gasteiger charge is 2.23. The van der Waals surface area contributed by atoms with Gasteiger partial charge in [-0.15, -0.1) is 11.8 Å². The lowest BCUT2D eigenvalue weighted by molar-refractivity contribution is 0.418. The van der Waals surface area contributed by atoms with Crippen LogP contribution in [0.25, 0.3) is 11.5 Å². The molecule has 1 saturated heterocycles. The van der Waals surface area contributed by atoms with Crippen LogP contribution in [0.4, 0.5) is 5.69 Å². The molecular formula is C12H13N3O2S2. The number of nitrogens with zero attached hydrogens (tertiary/aromatic N) is 2. The third kappa shape index (κ3) is 2.66. The number of aromatic nitrogens is 2. The molecule has 0 spiro atoms. The molecule has 0 bridgehead atoms. The van der Waals surface area contributed by atoms with Gasteiger partial charge in [-0.3, -0.25) is 0 Å². The molecule has 2 heterocycles. The van der Waals surface area contributed by atoms with Crippen LogP contribution >= 0.6 is 23.5 Å². The van der Waals surface area contributed by atoms with Crippen LogP contribution in [-0.4, -0.2) is 32.5 Å². The molecule has 3 rings (SSSR count). The fourth-order valence-electron chi connectivity index (χ4n) is 1.84. The lowest BCUT2D eigenvalue weighted by Crippen LogP contribution is -2.07. The average molecular weight is 295 g/mol. The van der Waals surface area contributed by atoms with Crippen LogP contribution in [-0.2, 0) is 0 Å². The summed E-state index contributed by atoms with van der Waals surface area (Å²) in [6.07, 6.45) is 0. The van der Waals surface area contributed by atoms with Gasteiger partial charge >= 0.3 is 0 Å². The maximum absolute atomic E-state index is 9.85. The van der Waals surface area contributed by atoms with Gasteiger partial charge in [-0.1, -0.05) is 5.16 Å². The molecule has 1 fully saturated rings. The summed E-state index contributed by atoms with van der Waals surface area (Å²) in [4.78, 5) is 4.38. The van der Waals surface area contributed by atoms with Crippen LogP contribution in [0, 0.1) is 0 Å². The summed E-state index contributed by atoms with van der Waals surface area (Å²) >= 11 is 3.74. The lowest BCUT2D eigenvalue weighted by Gasteiger charge is -2.16.